The number of likely N-dealkylation sites (tertiary alicyclic amines) is 1. The molecule has 174 valence electrons. The van der Waals surface area contributed by atoms with Crippen LogP contribution in [0, 0.1) is 11.7 Å². The van der Waals surface area contributed by atoms with E-state index >= 15 is 0 Å². The number of amides is 1. The van der Waals surface area contributed by atoms with Crippen molar-refractivity contribution in [2.45, 2.75) is 102 Å². The van der Waals surface area contributed by atoms with E-state index in [4.69, 9.17) is 9.47 Å². The molecule has 6 heteroatoms. The molecule has 2 fully saturated rings. The Morgan fingerprint density at radius 3 is 2.52 bits per heavy atom. The van der Waals surface area contributed by atoms with Gasteiger partial charge >= 0.3 is 6.09 Å². The van der Waals surface area contributed by atoms with Crippen molar-refractivity contribution in [2.75, 3.05) is 7.11 Å². The van der Waals surface area contributed by atoms with Crippen molar-refractivity contribution in [3.8, 4) is 0 Å². The quantitative estimate of drug-likeness (QED) is 0.653. The Morgan fingerprint density at radius 2 is 1.94 bits per heavy atom. The lowest BCUT2D eigenvalue weighted by molar-refractivity contribution is -0.0274. The number of rotatable bonds is 5. The third-order valence-corrected chi connectivity index (χ3v) is 6.89. The van der Waals surface area contributed by atoms with Gasteiger partial charge in [0.25, 0.3) is 0 Å². The molecule has 3 atom stereocenters. The summed E-state index contributed by atoms with van der Waals surface area (Å²) in [5.74, 6) is 0.113. The summed E-state index contributed by atoms with van der Waals surface area (Å²) >= 11 is 0. The van der Waals surface area contributed by atoms with Crippen LogP contribution >= 0.6 is 0 Å². The number of benzene rings is 1. The second-order valence-electron chi connectivity index (χ2n) is 10.5. The fraction of sp³-hybridized carbons (Fsp3) is 0.720. The van der Waals surface area contributed by atoms with Gasteiger partial charge in [-0.05, 0) is 96.3 Å². The van der Waals surface area contributed by atoms with Gasteiger partial charge in [-0.1, -0.05) is 12.1 Å². The van der Waals surface area contributed by atoms with E-state index in [9.17, 15) is 14.3 Å². The number of carbonyl (C=O) groups is 1. The average Bonchev–Trinajstić information content (AvgIpc) is 3.03. The van der Waals surface area contributed by atoms with Gasteiger partial charge in [0.15, 0.2) is 0 Å². The molecule has 1 aromatic rings. The first-order chi connectivity index (χ1) is 14.5. The summed E-state index contributed by atoms with van der Waals surface area (Å²) in [5.41, 5.74) is -0.555. The Labute approximate surface area is 185 Å². The highest BCUT2D eigenvalue weighted by molar-refractivity contribution is 5.70. The molecule has 3 rings (SSSR count). The monoisotopic (exact) mass is 435 g/mol. The summed E-state index contributed by atoms with van der Waals surface area (Å²) < 4.78 is 25.1. The number of methoxy groups -OCH3 is 1. The smallest absolute Gasteiger partial charge is 0.411 e. The Bertz CT molecular complexity index is 756. The predicted octanol–water partition coefficient (Wildman–Crippen LogP) is 5.61. The first-order valence-corrected chi connectivity index (χ1v) is 11.5. The van der Waals surface area contributed by atoms with Gasteiger partial charge in [0, 0.05) is 12.6 Å². The van der Waals surface area contributed by atoms with Gasteiger partial charge in [0.1, 0.15) is 11.4 Å². The zero-order valence-electron chi connectivity index (χ0n) is 19.6. The van der Waals surface area contributed by atoms with Crippen LogP contribution in [-0.4, -0.2) is 46.5 Å². The van der Waals surface area contributed by atoms with Gasteiger partial charge in [-0.25, -0.2) is 9.18 Å². The summed E-state index contributed by atoms with van der Waals surface area (Å²) in [5, 5.41) is 11.1. The molecule has 0 spiro atoms. The van der Waals surface area contributed by atoms with E-state index in [0.29, 0.717) is 24.0 Å². The number of aliphatic hydroxyl groups excluding tert-OH is 1. The molecule has 1 aliphatic heterocycles. The van der Waals surface area contributed by atoms with E-state index in [-0.39, 0.29) is 0 Å². The number of nitrogens with zero attached hydrogens (tertiary/aromatic N) is 1. The highest BCUT2D eigenvalue weighted by atomic mass is 19.1. The summed E-state index contributed by atoms with van der Waals surface area (Å²) in [6.45, 7) is 7.66. The molecular weight excluding hydrogens is 397 g/mol. The predicted molar refractivity (Wildman–Crippen MR) is 118 cm³/mol. The highest BCUT2D eigenvalue weighted by Gasteiger charge is 2.50. The van der Waals surface area contributed by atoms with Crippen molar-refractivity contribution < 1.29 is 23.8 Å². The number of aliphatic hydroxyl groups is 1. The minimum atomic E-state index is -0.964. The second-order valence-corrected chi connectivity index (χ2v) is 10.5. The van der Waals surface area contributed by atoms with E-state index in [1.54, 1.807) is 24.1 Å². The highest BCUT2D eigenvalue weighted by Crippen LogP contribution is 2.45. The lowest BCUT2D eigenvalue weighted by atomic mass is 9.78. The standard InChI is InChI=1S/C25H38FNO4/c1-24(2,3)31-23(29)27-21(22(28)18-7-6-8-19(26)15-18)13-14-25(27,4)16-17-9-11-20(30-5)12-10-17/h6-8,15,17,20-22,28H,9-14,16H2,1-5H3/t17?,20?,21-,22-,25-/m1/s1. The molecule has 1 amide bonds. The van der Waals surface area contributed by atoms with Gasteiger partial charge in [-0.2, -0.15) is 0 Å². The summed E-state index contributed by atoms with van der Waals surface area (Å²) in [6.07, 6.45) is 5.51. The topological polar surface area (TPSA) is 59.0 Å². The molecule has 1 aromatic carbocycles. The van der Waals surface area contributed by atoms with Gasteiger partial charge in [-0.15, -0.1) is 0 Å². The maximum absolute atomic E-state index is 13.8. The summed E-state index contributed by atoms with van der Waals surface area (Å²) in [4.78, 5) is 15.1. The van der Waals surface area contributed by atoms with Crippen molar-refractivity contribution in [1.29, 1.82) is 0 Å². The Hall–Kier alpha value is -1.66. The van der Waals surface area contributed by atoms with Crippen LogP contribution in [0.15, 0.2) is 24.3 Å². The Kier molecular flexibility index (Phi) is 7.32. The third-order valence-electron chi connectivity index (χ3n) is 6.89. The molecule has 1 saturated carbocycles. The lowest BCUT2D eigenvalue weighted by Crippen LogP contribution is -2.53. The lowest BCUT2D eigenvalue weighted by Gasteiger charge is -2.43. The Morgan fingerprint density at radius 1 is 1.26 bits per heavy atom. The van der Waals surface area contributed by atoms with E-state index < -0.39 is 35.2 Å². The SMILES string of the molecule is COC1CCC(C[C@@]2(C)CC[C@H]([C@H](O)c3cccc(F)c3)N2C(=O)OC(C)(C)C)CC1. The van der Waals surface area contributed by atoms with E-state index in [2.05, 4.69) is 6.92 Å². The zero-order valence-corrected chi connectivity index (χ0v) is 19.6. The number of hydrogen-bond donors (Lipinski definition) is 1. The van der Waals surface area contributed by atoms with Gasteiger partial charge in [-0.3, -0.25) is 4.90 Å². The van der Waals surface area contributed by atoms with Gasteiger partial charge < -0.3 is 14.6 Å². The minimum absolute atomic E-state index is 0.331. The first-order valence-electron chi connectivity index (χ1n) is 11.5. The van der Waals surface area contributed by atoms with Gasteiger partial charge in [0.2, 0.25) is 0 Å². The molecule has 0 radical (unpaired) electrons. The summed E-state index contributed by atoms with van der Waals surface area (Å²) in [7, 11) is 1.77. The van der Waals surface area contributed by atoms with E-state index in [0.717, 1.165) is 38.5 Å². The maximum atomic E-state index is 13.8. The molecule has 0 aromatic heterocycles. The molecule has 31 heavy (non-hydrogen) atoms. The molecule has 5 nitrogen and oxygen atoms in total. The van der Waals surface area contributed by atoms with E-state index in [1.807, 2.05) is 20.8 Å². The van der Waals surface area contributed by atoms with Crippen molar-refractivity contribution in [1.82, 2.24) is 4.90 Å². The normalized spacial score (nSPS) is 30.3. The number of ether oxygens (including phenoxy) is 2. The minimum Gasteiger partial charge on any atom is -0.444 e. The number of carbonyl (C=O) groups excluding carboxylic acids is 1. The van der Waals surface area contributed by atoms with Crippen molar-refractivity contribution >= 4 is 6.09 Å². The molecule has 0 bridgehead atoms. The molecular formula is C25H38FNO4. The van der Waals surface area contributed by atoms with Crippen LogP contribution in [0.5, 0.6) is 0 Å². The van der Waals surface area contributed by atoms with Crippen molar-refractivity contribution in [3.63, 3.8) is 0 Å². The largest absolute Gasteiger partial charge is 0.444 e. The van der Waals surface area contributed by atoms with Crippen LogP contribution in [0.4, 0.5) is 9.18 Å². The van der Waals surface area contributed by atoms with Crippen LogP contribution in [0.1, 0.15) is 84.3 Å². The Balaban J connectivity index is 1.83. The van der Waals surface area contributed by atoms with Crippen LogP contribution in [0.25, 0.3) is 0 Å². The molecule has 1 aliphatic carbocycles. The maximum Gasteiger partial charge on any atom is 0.411 e. The molecule has 1 heterocycles. The molecule has 1 N–H and O–H groups in total. The number of halogens is 1. The first kappa shape index (κ1) is 24.0. The molecule has 0 unspecified atom stereocenters. The average molecular weight is 436 g/mol. The number of hydrogen-bond acceptors (Lipinski definition) is 4. The van der Waals surface area contributed by atoms with Gasteiger partial charge in [0.05, 0.1) is 18.2 Å². The van der Waals surface area contributed by atoms with Crippen molar-refractivity contribution in [2.24, 2.45) is 5.92 Å². The van der Waals surface area contributed by atoms with Crippen LogP contribution in [-0.2, 0) is 9.47 Å². The zero-order chi connectivity index (χ0) is 22.8. The van der Waals surface area contributed by atoms with Crippen molar-refractivity contribution in [3.05, 3.63) is 35.6 Å². The fourth-order valence-electron chi connectivity index (χ4n) is 5.38. The third kappa shape index (κ3) is 5.78. The van der Waals surface area contributed by atoms with Crippen LogP contribution in [0.2, 0.25) is 0 Å². The summed E-state index contributed by atoms with van der Waals surface area (Å²) in [6, 6.07) is 5.56. The van der Waals surface area contributed by atoms with Crippen LogP contribution < -0.4 is 0 Å². The fourth-order valence-corrected chi connectivity index (χ4v) is 5.38. The van der Waals surface area contributed by atoms with E-state index in [1.165, 1.54) is 12.1 Å². The second kappa shape index (κ2) is 9.45. The molecule has 2 aliphatic rings. The molecule has 1 saturated heterocycles. The van der Waals surface area contributed by atoms with Crippen LogP contribution in [0.3, 0.4) is 0 Å².